The van der Waals surface area contributed by atoms with Crippen LogP contribution in [0.5, 0.6) is 0 Å². The molecule has 0 amide bonds. The van der Waals surface area contributed by atoms with Crippen molar-refractivity contribution in [2.24, 2.45) is 5.92 Å². The van der Waals surface area contributed by atoms with Crippen molar-refractivity contribution in [2.75, 3.05) is 6.54 Å². The Bertz CT molecular complexity index is 341. The molecule has 2 saturated heterocycles. The first-order valence-corrected chi connectivity index (χ1v) is 6.17. The maximum atomic E-state index is 5.84. The van der Waals surface area contributed by atoms with Gasteiger partial charge < -0.3 is 10.1 Å². The largest absolute Gasteiger partial charge is 0.375 e. The molecule has 1 aromatic heterocycles. The zero-order valence-electron chi connectivity index (χ0n) is 9.43. The second-order valence-electron chi connectivity index (χ2n) is 4.86. The van der Waals surface area contributed by atoms with Gasteiger partial charge in [0.1, 0.15) is 0 Å². The zero-order valence-corrected chi connectivity index (χ0v) is 9.43. The van der Waals surface area contributed by atoms with E-state index in [0.717, 1.165) is 19.0 Å². The van der Waals surface area contributed by atoms with E-state index in [0.29, 0.717) is 12.2 Å². The Morgan fingerprint density at radius 1 is 1.44 bits per heavy atom. The third kappa shape index (κ3) is 2.11. The van der Waals surface area contributed by atoms with Crippen LogP contribution in [0.2, 0.25) is 0 Å². The molecule has 0 radical (unpaired) electrons. The summed E-state index contributed by atoms with van der Waals surface area (Å²) in [6, 6.07) is 4.09. The maximum Gasteiger partial charge on any atom is 0.0621 e. The van der Waals surface area contributed by atoms with Crippen LogP contribution >= 0.6 is 0 Å². The summed E-state index contributed by atoms with van der Waals surface area (Å²) in [5.41, 5.74) is 1.26. The third-order valence-electron chi connectivity index (χ3n) is 3.69. The van der Waals surface area contributed by atoms with Crippen molar-refractivity contribution in [1.82, 2.24) is 10.3 Å². The molecule has 86 valence electrons. The lowest BCUT2D eigenvalue weighted by molar-refractivity contribution is 0.0924. The summed E-state index contributed by atoms with van der Waals surface area (Å²) in [5.74, 6) is 0.732. The number of nitrogens with one attached hydrogen (secondary N) is 1. The molecule has 0 saturated carbocycles. The average molecular weight is 218 g/mol. The topological polar surface area (TPSA) is 34.2 Å². The van der Waals surface area contributed by atoms with Crippen molar-refractivity contribution in [3.05, 3.63) is 30.1 Å². The van der Waals surface area contributed by atoms with Crippen LogP contribution in [0.25, 0.3) is 0 Å². The molecule has 1 aromatic rings. The van der Waals surface area contributed by atoms with Crippen molar-refractivity contribution >= 4 is 0 Å². The standard InChI is InChI=1S/C13H18N2O/c1-2-10(7-14-5-1)8-15-9-11-6-12-3-4-13(11)16-12/h1-2,5,7,11-13,15H,3-4,6,8-9H2. The molecular weight excluding hydrogens is 200 g/mol. The number of hydrogen-bond acceptors (Lipinski definition) is 3. The number of aromatic nitrogens is 1. The van der Waals surface area contributed by atoms with Gasteiger partial charge in [0.25, 0.3) is 0 Å². The van der Waals surface area contributed by atoms with Crippen molar-refractivity contribution in [2.45, 2.75) is 38.0 Å². The van der Waals surface area contributed by atoms with Gasteiger partial charge in [0.05, 0.1) is 12.2 Å². The molecule has 0 spiro atoms. The monoisotopic (exact) mass is 218 g/mol. The SMILES string of the molecule is c1cncc(CNCC2CC3CCC2O3)c1. The quantitative estimate of drug-likeness (QED) is 0.836. The maximum absolute atomic E-state index is 5.84. The first-order valence-electron chi connectivity index (χ1n) is 6.17. The molecule has 3 atom stereocenters. The van der Waals surface area contributed by atoms with Crippen LogP contribution in [-0.2, 0) is 11.3 Å². The fourth-order valence-corrected chi connectivity index (χ4v) is 2.86. The number of nitrogens with zero attached hydrogens (tertiary/aromatic N) is 1. The second kappa shape index (κ2) is 4.52. The molecule has 0 aliphatic carbocycles. The molecule has 3 unspecified atom stereocenters. The molecule has 2 fully saturated rings. The smallest absolute Gasteiger partial charge is 0.0621 e. The lowest BCUT2D eigenvalue weighted by Gasteiger charge is -2.18. The summed E-state index contributed by atoms with van der Waals surface area (Å²) in [5, 5.41) is 3.51. The Kier molecular flexibility index (Phi) is 2.89. The fraction of sp³-hybridized carbons (Fsp3) is 0.615. The molecule has 1 N–H and O–H groups in total. The van der Waals surface area contributed by atoms with E-state index in [1.165, 1.54) is 24.8 Å². The van der Waals surface area contributed by atoms with E-state index in [-0.39, 0.29) is 0 Å². The van der Waals surface area contributed by atoms with E-state index in [1.807, 2.05) is 18.5 Å². The number of rotatable bonds is 4. The van der Waals surface area contributed by atoms with E-state index in [2.05, 4.69) is 16.4 Å². The van der Waals surface area contributed by atoms with Gasteiger partial charge in [-0.15, -0.1) is 0 Å². The molecule has 2 bridgehead atoms. The highest BCUT2D eigenvalue weighted by Crippen LogP contribution is 2.38. The van der Waals surface area contributed by atoms with Gasteiger partial charge in [-0.2, -0.15) is 0 Å². The Morgan fingerprint density at radius 2 is 2.44 bits per heavy atom. The van der Waals surface area contributed by atoms with E-state index in [4.69, 9.17) is 4.74 Å². The van der Waals surface area contributed by atoms with Crippen LogP contribution in [0.3, 0.4) is 0 Å². The molecule has 3 heterocycles. The van der Waals surface area contributed by atoms with Crippen LogP contribution in [0.1, 0.15) is 24.8 Å². The number of fused-ring (bicyclic) bond motifs is 2. The van der Waals surface area contributed by atoms with E-state index >= 15 is 0 Å². The minimum absolute atomic E-state index is 0.534. The zero-order chi connectivity index (χ0) is 10.8. The Labute approximate surface area is 96.2 Å². The number of pyridine rings is 1. The van der Waals surface area contributed by atoms with E-state index < -0.39 is 0 Å². The highest BCUT2D eigenvalue weighted by atomic mass is 16.5. The molecule has 2 aliphatic rings. The predicted octanol–water partition coefficient (Wildman–Crippen LogP) is 1.74. The molecular formula is C13H18N2O. The average Bonchev–Trinajstić information content (AvgIpc) is 2.92. The molecule has 3 rings (SSSR count). The van der Waals surface area contributed by atoms with Crippen LogP contribution in [0.4, 0.5) is 0 Å². The van der Waals surface area contributed by atoms with Gasteiger partial charge >= 0.3 is 0 Å². The third-order valence-corrected chi connectivity index (χ3v) is 3.69. The first kappa shape index (κ1) is 10.2. The van der Waals surface area contributed by atoms with Crippen molar-refractivity contribution in [3.8, 4) is 0 Å². The van der Waals surface area contributed by atoms with E-state index in [9.17, 15) is 0 Å². The van der Waals surface area contributed by atoms with Crippen LogP contribution < -0.4 is 5.32 Å². The minimum Gasteiger partial charge on any atom is -0.375 e. The summed E-state index contributed by atoms with van der Waals surface area (Å²) in [6.45, 7) is 2.00. The summed E-state index contributed by atoms with van der Waals surface area (Å²) in [7, 11) is 0. The second-order valence-corrected chi connectivity index (χ2v) is 4.86. The van der Waals surface area contributed by atoms with Crippen LogP contribution in [0, 0.1) is 5.92 Å². The molecule has 2 aliphatic heterocycles. The van der Waals surface area contributed by atoms with Crippen molar-refractivity contribution in [3.63, 3.8) is 0 Å². The van der Waals surface area contributed by atoms with Gasteiger partial charge in [0, 0.05) is 31.4 Å². The highest BCUT2D eigenvalue weighted by Gasteiger charge is 2.40. The van der Waals surface area contributed by atoms with Crippen LogP contribution in [-0.4, -0.2) is 23.7 Å². The lowest BCUT2D eigenvalue weighted by Crippen LogP contribution is -2.29. The summed E-state index contributed by atoms with van der Waals surface area (Å²) in [6.07, 6.45) is 8.64. The van der Waals surface area contributed by atoms with Crippen molar-refractivity contribution < 1.29 is 4.74 Å². The Morgan fingerprint density at radius 3 is 3.12 bits per heavy atom. The normalized spacial score (nSPS) is 32.1. The fourth-order valence-electron chi connectivity index (χ4n) is 2.86. The van der Waals surface area contributed by atoms with Gasteiger partial charge in [0.2, 0.25) is 0 Å². The van der Waals surface area contributed by atoms with Gasteiger partial charge in [-0.05, 0) is 30.9 Å². The first-order chi connectivity index (χ1) is 7.92. The summed E-state index contributed by atoms with van der Waals surface area (Å²) in [4.78, 5) is 4.11. The molecule has 3 nitrogen and oxygen atoms in total. The van der Waals surface area contributed by atoms with Crippen LogP contribution in [0.15, 0.2) is 24.5 Å². The molecule has 16 heavy (non-hydrogen) atoms. The lowest BCUT2D eigenvalue weighted by atomic mass is 9.89. The van der Waals surface area contributed by atoms with Gasteiger partial charge in [-0.3, -0.25) is 4.98 Å². The Hall–Kier alpha value is -0.930. The Balaban J connectivity index is 1.44. The molecule has 0 aromatic carbocycles. The summed E-state index contributed by atoms with van der Waals surface area (Å²) >= 11 is 0. The summed E-state index contributed by atoms with van der Waals surface area (Å²) < 4.78 is 5.84. The number of ether oxygens (including phenoxy) is 1. The van der Waals surface area contributed by atoms with E-state index in [1.54, 1.807) is 0 Å². The highest BCUT2D eigenvalue weighted by molar-refractivity contribution is 5.07. The number of hydrogen-bond donors (Lipinski definition) is 1. The molecule has 3 heteroatoms. The van der Waals surface area contributed by atoms with Gasteiger partial charge in [-0.25, -0.2) is 0 Å². The minimum atomic E-state index is 0.534. The van der Waals surface area contributed by atoms with Gasteiger partial charge in [-0.1, -0.05) is 6.07 Å². The predicted molar refractivity (Wildman–Crippen MR) is 61.9 cm³/mol. The van der Waals surface area contributed by atoms with Gasteiger partial charge in [0.15, 0.2) is 0 Å². The van der Waals surface area contributed by atoms with Crippen molar-refractivity contribution in [1.29, 1.82) is 0 Å².